The quantitative estimate of drug-likeness (QED) is 0.535. The number of esters is 1. The zero-order valence-electron chi connectivity index (χ0n) is 13.5. The van der Waals surface area contributed by atoms with Crippen molar-refractivity contribution in [3.05, 3.63) is 24.0 Å². The summed E-state index contributed by atoms with van der Waals surface area (Å²) in [6, 6.07) is 0. The van der Waals surface area contributed by atoms with Crippen LogP contribution in [0.3, 0.4) is 0 Å². The molecule has 0 fully saturated rings. The third-order valence-corrected chi connectivity index (χ3v) is 5.12. The average Bonchev–Trinajstić information content (AvgIpc) is 3.21. The summed E-state index contributed by atoms with van der Waals surface area (Å²) in [4.78, 5) is 31.1. The molecule has 1 N–H and O–H groups in total. The second kappa shape index (κ2) is 9.43. The van der Waals surface area contributed by atoms with E-state index in [1.807, 2.05) is 6.92 Å². The number of carbonyl (C=O) groups is 2. The van der Waals surface area contributed by atoms with Crippen LogP contribution in [0, 0.1) is 0 Å². The lowest BCUT2D eigenvalue weighted by Gasteiger charge is -2.01. The van der Waals surface area contributed by atoms with Crippen molar-refractivity contribution in [2.75, 3.05) is 12.4 Å². The summed E-state index contributed by atoms with van der Waals surface area (Å²) in [6.45, 7) is 2.01. The summed E-state index contributed by atoms with van der Waals surface area (Å²) in [5, 5.41) is 3.27. The van der Waals surface area contributed by atoms with Crippen molar-refractivity contribution >= 4 is 40.1 Å². The minimum absolute atomic E-state index is 0.162. The molecule has 24 heavy (non-hydrogen) atoms. The smallest absolute Gasteiger partial charge is 0.305 e. The fraction of sp³-hybridized carbons (Fsp3) is 0.467. The van der Waals surface area contributed by atoms with Crippen molar-refractivity contribution in [2.24, 2.45) is 0 Å². The van der Waals surface area contributed by atoms with Gasteiger partial charge in [0.25, 0.3) is 0 Å². The van der Waals surface area contributed by atoms with Crippen molar-refractivity contribution in [3.63, 3.8) is 0 Å². The highest BCUT2D eigenvalue weighted by Gasteiger charge is 2.10. The Hall–Kier alpha value is -1.87. The first-order chi connectivity index (χ1) is 11.6. The number of thiazole rings is 1. The van der Waals surface area contributed by atoms with Crippen LogP contribution < -0.4 is 5.32 Å². The van der Waals surface area contributed by atoms with Crippen LogP contribution in [0.15, 0.2) is 21.0 Å². The van der Waals surface area contributed by atoms with Crippen LogP contribution in [0.25, 0.3) is 0 Å². The predicted molar refractivity (Wildman–Crippen MR) is 92.1 cm³/mol. The SMILES string of the molecule is CCc1cnc(CSc2cnc(NC(=O)CCCC(=O)OC)s2)o1. The Morgan fingerprint density at radius 3 is 2.88 bits per heavy atom. The topological polar surface area (TPSA) is 94.3 Å². The van der Waals surface area contributed by atoms with Crippen molar-refractivity contribution in [1.82, 2.24) is 9.97 Å². The Labute approximate surface area is 148 Å². The minimum atomic E-state index is -0.312. The largest absolute Gasteiger partial charge is 0.469 e. The standard InChI is InChI=1S/C15H19N3O4S2/c1-3-10-7-16-12(22-10)9-23-14-8-17-15(24-14)18-11(19)5-4-6-13(20)21-2/h7-8H,3-6,9H2,1-2H3,(H,17,18,19). The van der Waals surface area contributed by atoms with E-state index < -0.39 is 0 Å². The fourth-order valence-corrected chi connectivity index (χ4v) is 3.51. The molecule has 0 saturated heterocycles. The van der Waals surface area contributed by atoms with E-state index in [2.05, 4.69) is 20.0 Å². The van der Waals surface area contributed by atoms with Gasteiger partial charge in [0, 0.05) is 19.3 Å². The van der Waals surface area contributed by atoms with E-state index in [9.17, 15) is 9.59 Å². The van der Waals surface area contributed by atoms with Gasteiger partial charge in [0.2, 0.25) is 11.8 Å². The second-order valence-electron chi connectivity index (χ2n) is 4.82. The molecule has 0 aliphatic heterocycles. The number of methoxy groups -OCH3 is 1. The van der Waals surface area contributed by atoms with Crippen molar-refractivity contribution < 1.29 is 18.7 Å². The van der Waals surface area contributed by atoms with Gasteiger partial charge in [-0.05, 0) is 6.42 Å². The van der Waals surface area contributed by atoms with E-state index >= 15 is 0 Å². The number of carbonyl (C=O) groups excluding carboxylic acids is 2. The van der Waals surface area contributed by atoms with Gasteiger partial charge in [0.05, 0.1) is 29.5 Å². The summed E-state index contributed by atoms with van der Waals surface area (Å²) in [6.07, 6.45) is 5.22. The van der Waals surface area contributed by atoms with E-state index in [0.717, 1.165) is 16.4 Å². The summed E-state index contributed by atoms with van der Waals surface area (Å²) >= 11 is 2.95. The van der Waals surface area contributed by atoms with Crippen molar-refractivity contribution in [2.45, 2.75) is 42.6 Å². The van der Waals surface area contributed by atoms with Gasteiger partial charge < -0.3 is 14.5 Å². The molecule has 130 valence electrons. The molecule has 0 aliphatic rings. The van der Waals surface area contributed by atoms with Gasteiger partial charge in [0.15, 0.2) is 5.13 Å². The summed E-state index contributed by atoms with van der Waals surface area (Å²) < 4.78 is 11.0. The zero-order valence-corrected chi connectivity index (χ0v) is 15.2. The van der Waals surface area contributed by atoms with Gasteiger partial charge in [-0.3, -0.25) is 9.59 Å². The van der Waals surface area contributed by atoms with Crippen LogP contribution in [0.2, 0.25) is 0 Å². The number of nitrogens with zero attached hydrogens (tertiary/aromatic N) is 2. The molecular formula is C15H19N3O4S2. The number of ether oxygens (including phenoxy) is 1. The number of amides is 1. The first-order valence-electron chi connectivity index (χ1n) is 7.49. The number of nitrogens with one attached hydrogen (secondary N) is 1. The molecule has 0 unspecified atom stereocenters. The van der Waals surface area contributed by atoms with E-state index in [0.29, 0.717) is 23.2 Å². The predicted octanol–water partition coefficient (Wildman–Crippen LogP) is 3.27. The summed E-state index contributed by atoms with van der Waals surface area (Å²) in [7, 11) is 1.33. The molecule has 0 spiro atoms. The first kappa shape index (κ1) is 18.5. The summed E-state index contributed by atoms with van der Waals surface area (Å²) in [5.74, 6) is 1.70. The minimum Gasteiger partial charge on any atom is -0.469 e. The van der Waals surface area contributed by atoms with Crippen LogP contribution in [0.5, 0.6) is 0 Å². The fourth-order valence-electron chi connectivity index (χ4n) is 1.77. The van der Waals surface area contributed by atoms with E-state index in [1.165, 1.54) is 18.4 Å². The molecule has 0 saturated carbocycles. The lowest BCUT2D eigenvalue weighted by molar-refractivity contribution is -0.140. The monoisotopic (exact) mass is 369 g/mol. The highest BCUT2D eigenvalue weighted by molar-refractivity contribution is 8.00. The molecule has 2 rings (SSSR count). The van der Waals surface area contributed by atoms with Gasteiger partial charge in [-0.15, -0.1) is 11.8 Å². The van der Waals surface area contributed by atoms with Crippen LogP contribution in [0.1, 0.15) is 37.8 Å². The maximum absolute atomic E-state index is 11.8. The Morgan fingerprint density at radius 1 is 1.33 bits per heavy atom. The van der Waals surface area contributed by atoms with Gasteiger partial charge in [-0.2, -0.15) is 0 Å². The third-order valence-electron chi connectivity index (χ3n) is 3.03. The second-order valence-corrected chi connectivity index (χ2v) is 7.13. The number of oxazole rings is 1. The lowest BCUT2D eigenvalue weighted by Crippen LogP contribution is -2.11. The first-order valence-corrected chi connectivity index (χ1v) is 9.29. The maximum atomic E-state index is 11.8. The number of anilines is 1. The highest BCUT2D eigenvalue weighted by atomic mass is 32.2. The molecule has 0 aromatic carbocycles. The highest BCUT2D eigenvalue weighted by Crippen LogP contribution is 2.30. The molecule has 2 aromatic rings. The number of aromatic nitrogens is 2. The van der Waals surface area contributed by atoms with Crippen molar-refractivity contribution in [3.8, 4) is 0 Å². The van der Waals surface area contributed by atoms with Gasteiger partial charge in [0.1, 0.15) is 5.76 Å². The van der Waals surface area contributed by atoms with Crippen LogP contribution in [-0.4, -0.2) is 29.0 Å². The van der Waals surface area contributed by atoms with E-state index in [4.69, 9.17) is 4.42 Å². The normalized spacial score (nSPS) is 10.6. The number of rotatable bonds is 9. The van der Waals surface area contributed by atoms with E-state index in [1.54, 1.807) is 24.2 Å². The molecule has 0 bridgehead atoms. The molecule has 0 radical (unpaired) electrons. The van der Waals surface area contributed by atoms with Gasteiger partial charge >= 0.3 is 5.97 Å². The van der Waals surface area contributed by atoms with Gasteiger partial charge in [-0.1, -0.05) is 18.3 Å². The molecule has 2 aromatic heterocycles. The van der Waals surface area contributed by atoms with Crippen LogP contribution >= 0.6 is 23.1 Å². The Bertz CT molecular complexity index is 684. The molecule has 9 heteroatoms. The molecular weight excluding hydrogens is 350 g/mol. The Morgan fingerprint density at radius 2 is 2.17 bits per heavy atom. The van der Waals surface area contributed by atoms with Crippen LogP contribution in [-0.2, 0) is 26.5 Å². The number of hydrogen-bond donors (Lipinski definition) is 1. The van der Waals surface area contributed by atoms with E-state index in [-0.39, 0.29) is 24.7 Å². The van der Waals surface area contributed by atoms with Crippen LogP contribution in [0.4, 0.5) is 5.13 Å². The maximum Gasteiger partial charge on any atom is 0.305 e. The average molecular weight is 369 g/mol. The lowest BCUT2D eigenvalue weighted by atomic mass is 10.2. The number of hydrogen-bond acceptors (Lipinski definition) is 8. The molecule has 0 aliphatic carbocycles. The number of aryl methyl sites for hydroxylation is 1. The Balaban J connectivity index is 1.74. The molecule has 1 amide bonds. The zero-order chi connectivity index (χ0) is 17.4. The summed E-state index contributed by atoms with van der Waals surface area (Å²) in [5.41, 5.74) is 0. The molecule has 7 nitrogen and oxygen atoms in total. The molecule has 0 atom stereocenters. The van der Waals surface area contributed by atoms with Crippen molar-refractivity contribution in [1.29, 1.82) is 0 Å². The van der Waals surface area contributed by atoms with Gasteiger partial charge in [-0.25, -0.2) is 9.97 Å². The third kappa shape index (κ3) is 5.97. The number of thioether (sulfide) groups is 1. The Kier molecular flexibility index (Phi) is 7.26. The molecule has 2 heterocycles.